The topological polar surface area (TPSA) is 93.9 Å². The van der Waals surface area contributed by atoms with E-state index in [1.165, 1.54) is 12.0 Å². The minimum atomic E-state index is -0.742. The second-order valence-electron chi connectivity index (χ2n) is 7.66. The fourth-order valence-corrected chi connectivity index (χ4v) is 4.04. The highest BCUT2D eigenvalue weighted by Gasteiger charge is 2.45. The minimum absolute atomic E-state index is 0.0455. The van der Waals surface area contributed by atoms with Crippen molar-refractivity contribution in [1.29, 1.82) is 0 Å². The smallest absolute Gasteiger partial charge is 0.295 e. The summed E-state index contributed by atoms with van der Waals surface area (Å²) in [5.41, 5.74) is 1.13. The molecule has 0 radical (unpaired) electrons. The van der Waals surface area contributed by atoms with Crippen molar-refractivity contribution in [2.75, 3.05) is 20.8 Å². The van der Waals surface area contributed by atoms with E-state index in [9.17, 15) is 14.7 Å². The molecule has 4 rings (SSSR count). The zero-order valence-electron chi connectivity index (χ0n) is 18.5. The van der Waals surface area contributed by atoms with Crippen molar-refractivity contribution in [3.63, 3.8) is 0 Å². The summed E-state index contributed by atoms with van der Waals surface area (Å²) in [6.07, 6.45) is 5.85. The Kier molecular flexibility index (Phi) is 6.44. The van der Waals surface area contributed by atoms with Crippen molar-refractivity contribution in [2.45, 2.75) is 19.0 Å². The van der Waals surface area contributed by atoms with E-state index in [0.29, 0.717) is 42.1 Å². The third-order valence-electron chi connectivity index (χ3n) is 5.67. The summed E-state index contributed by atoms with van der Waals surface area (Å²) in [5, 5.41) is 11.2. The number of nitrogens with zero attached hydrogens (tertiary/aromatic N) is 3. The predicted octanol–water partition coefficient (Wildman–Crippen LogP) is 3.41. The summed E-state index contributed by atoms with van der Waals surface area (Å²) in [6, 6.07) is 13.2. The van der Waals surface area contributed by atoms with Gasteiger partial charge >= 0.3 is 0 Å². The van der Waals surface area contributed by atoms with E-state index in [1.807, 2.05) is 16.8 Å². The molecule has 0 saturated carbocycles. The normalized spacial score (nSPS) is 17.4. The molecule has 1 saturated heterocycles. The molecule has 0 spiro atoms. The summed E-state index contributed by atoms with van der Waals surface area (Å²) >= 11 is 0. The van der Waals surface area contributed by atoms with Gasteiger partial charge in [-0.05, 0) is 36.2 Å². The Bertz CT molecular complexity index is 1190. The molecule has 1 atom stereocenters. The fraction of sp³-hybridized carbons (Fsp3) is 0.240. The van der Waals surface area contributed by atoms with E-state index < -0.39 is 17.7 Å². The van der Waals surface area contributed by atoms with Crippen LogP contribution in [0.2, 0.25) is 0 Å². The number of aliphatic hydroxyl groups is 1. The van der Waals surface area contributed by atoms with Gasteiger partial charge in [-0.3, -0.25) is 9.59 Å². The van der Waals surface area contributed by atoms with Gasteiger partial charge in [0.25, 0.3) is 11.7 Å². The molecule has 1 aliphatic rings. The number of Topliss-reactive ketones (excluding diaryl/α,β-unsaturated/α-hetero) is 1. The number of likely N-dealkylation sites (tertiary alicyclic amines) is 1. The van der Waals surface area contributed by atoms with E-state index in [2.05, 4.69) is 4.98 Å². The average molecular weight is 447 g/mol. The number of benzene rings is 2. The van der Waals surface area contributed by atoms with Gasteiger partial charge in [-0.2, -0.15) is 0 Å². The number of methoxy groups -OCH3 is 2. The van der Waals surface area contributed by atoms with Gasteiger partial charge in [0.2, 0.25) is 0 Å². The maximum Gasteiger partial charge on any atom is 0.295 e. The molecule has 3 aromatic rings. The van der Waals surface area contributed by atoms with Crippen LogP contribution < -0.4 is 9.47 Å². The second kappa shape index (κ2) is 9.60. The van der Waals surface area contributed by atoms with Crippen LogP contribution in [0.15, 0.2) is 72.8 Å². The number of amides is 1. The van der Waals surface area contributed by atoms with Gasteiger partial charge in [0, 0.05) is 31.0 Å². The number of carbonyl (C=O) groups is 2. The van der Waals surface area contributed by atoms with Crippen LogP contribution in [0.5, 0.6) is 11.5 Å². The monoisotopic (exact) mass is 447 g/mol. The van der Waals surface area contributed by atoms with Gasteiger partial charge in [-0.25, -0.2) is 4.98 Å². The van der Waals surface area contributed by atoms with Crippen LogP contribution in [0.4, 0.5) is 0 Å². The molecule has 2 aromatic carbocycles. The second-order valence-corrected chi connectivity index (χ2v) is 7.66. The molecule has 1 fully saturated rings. The Balaban J connectivity index is 1.76. The van der Waals surface area contributed by atoms with Crippen LogP contribution in [-0.4, -0.2) is 52.0 Å². The lowest BCUT2D eigenvalue weighted by atomic mass is 9.95. The summed E-state index contributed by atoms with van der Waals surface area (Å²) in [7, 11) is 3.08. The number of imidazole rings is 1. The highest BCUT2D eigenvalue weighted by Crippen LogP contribution is 2.40. The van der Waals surface area contributed by atoms with Crippen LogP contribution in [0.1, 0.15) is 23.6 Å². The standard InChI is InChI=1S/C25H25N3O5/c1-32-19-8-3-6-17(14-19)22-21(23(29)18-7-4-9-20(15-18)33-2)24(30)25(31)28(22)12-5-11-27-13-10-26-16-27/h3-4,6-10,13-16,22,29H,5,11-12H2,1-2H3/b23-21+/t22-/m0/s1. The molecule has 8 heteroatoms. The van der Waals surface area contributed by atoms with E-state index in [0.717, 1.165) is 0 Å². The first-order valence-corrected chi connectivity index (χ1v) is 10.6. The molecule has 8 nitrogen and oxygen atoms in total. The lowest BCUT2D eigenvalue weighted by molar-refractivity contribution is -0.139. The van der Waals surface area contributed by atoms with Crippen LogP contribution in [0.3, 0.4) is 0 Å². The molecule has 1 aromatic heterocycles. The Morgan fingerprint density at radius 1 is 1.03 bits per heavy atom. The predicted molar refractivity (Wildman–Crippen MR) is 122 cm³/mol. The molecule has 0 aliphatic carbocycles. The molecule has 33 heavy (non-hydrogen) atoms. The van der Waals surface area contributed by atoms with Crippen molar-refractivity contribution in [3.8, 4) is 11.5 Å². The maximum absolute atomic E-state index is 13.1. The van der Waals surface area contributed by atoms with Crippen LogP contribution in [0, 0.1) is 0 Å². The van der Waals surface area contributed by atoms with Crippen molar-refractivity contribution in [2.24, 2.45) is 0 Å². The SMILES string of the molecule is COc1cccc(/C(O)=C2\C(=O)C(=O)N(CCCn3ccnc3)[C@H]2c2cccc(OC)c2)c1. The number of ether oxygens (including phenoxy) is 2. The van der Waals surface area contributed by atoms with Crippen molar-refractivity contribution >= 4 is 17.4 Å². The molecule has 0 bridgehead atoms. The lowest BCUT2D eigenvalue weighted by Crippen LogP contribution is -2.31. The minimum Gasteiger partial charge on any atom is -0.507 e. The maximum atomic E-state index is 13.1. The van der Waals surface area contributed by atoms with Gasteiger partial charge in [-0.15, -0.1) is 0 Å². The van der Waals surface area contributed by atoms with Crippen LogP contribution >= 0.6 is 0 Å². The molecule has 170 valence electrons. The average Bonchev–Trinajstić information content (AvgIpc) is 3.46. The number of aryl methyl sites for hydroxylation is 1. The number of aromatic nitrogens is 2. The molecule has 1 N–H and O–H groups in total. The highest BCUT2D eigenvalue weighted by atomic mass is 16.5. The number of hydrogen-bond acceptors (Lipinski definition) is 6. The molecule has 1 amide bonds. The van der Waals surface area contributed by atoms with Crippen molar-refractivity contribution in [1.82, 2.24) is 14.5 Å². The van der Waals surface area contributed by atoms with Crippen LogP contribution in [-0.2, 0) is 16.1 Å². The molecule has 0 unspecified atom stereocenters. The molecular weight excluding hydrogens is 422 g/mol. The van der Waals surface area contributed by atoms with Gasteiger partial charge < -0.3 is 24.0 Å². The molecule has 1 aliphatic heterocycles. The van der Waals surface area contributed by atoms with E-state index >= 15 is 0 Å². The van der Waals surface area contributed by atoms with Crippen molar-refractivity contribution < 1.29 is 24.2 Å². The number of aliphatic hydroxyl groups excluding tert-OH is 1. The van der Waals surface area contributed by atoms with Crippen molar-refractivity contribution in [3.05, 3.63) is 84.0 Å². The first kappa shape index (κ1) is 22.1. The Labute approximate surface area is 191 Å². The Hall–Kier alpha value is -4.07. The Morgan fingerprint density at radius 3 is 2.45 bits per heavy atom. The quantitative estimate of drug-likeness (QED) is 0.323. The summed E-state index contributed by atoms with van der Waals surface area (Å²) in [5.74, 6) is -0.467. The zero-order chi connectivity index (χ0) is 23.4. The number of carbonyl (C=O) groups excluding carboxylic acids is 2. The van der Waals surface area contributed by atoms with Gasteiger partial charge in [0.05, 0.1) is 32.2 Å². The first-order chi connectivity index (χ1) is 16.0. The third kappa shape index (κ3) is 4.45. The van der Waals surface area contributed by atoms with Gasteiger partial charge in [0.1, 0.15) is 17.3 Å². The zero-order valence-corrected chi connectivity index (χ0v) is 18.5. The lowest BCUT2D eigenvalue weighted by Gasteiger charge is -2.25. The van der Waals surface area contributed by atoms with Gasteiger partial charge in [0.15, 0.2) is 0 Å². The summed E-state index contributed by atoms with van der Waals surface area (Å²) < 4.78 is 12.5. The Morgan fingerprint density at radius 2 is 1.76 bits per heavy atom. The fourth-order valence-electron chi connectivity index (χ4n) is 4.04. The van der Waals surface area contributed by atoms with Gasteiger partial charge in [-0.1, -0.05) is 24.3 Å². The highest BCUT2D eigenvalue weighted by molar-refractivity contribution is 6.46. The molecule has 2 heterocycles. The largest absolute Gasteiger partial charge is 0.507 e. The first-order valence-electron chi connectivity index (χ1n) is 10.6. The third-order valence-corrected chi connectivity index (χ3v) is 5.67. The molecular formula is C25H25N3O5. The summed E-state index contributed by atoms with van der Waals surface area (Å²) in [6.45, 7) is 0.975. The van der Waals surface area contributed by atoms with E-state index in [4.69, 9.17) is 9.47 Å². The number of rotatable bonds is 8. The van der Waals surface area contributed by atoms with E-state index in [1.54, 1.807) is 62.1 Å². The summed E-state index contributed by atoms with van der Waals surface area (Å²) in [4.78, 5) is 31.7. The number of hydrogen-bond donors (Lipinski definition) is 1. The van der Waals surface area contributed by atoms with Crippen LogP contribution in [0.25, 0.3) is 5.76 Å². The number of ketones is 1. The van der Waals surface area contributed by atoms with E-state index in [-0.39, 0.29) is 11.3 Å².